The number of carbonyl (C=O) groups excluding carboxylic acids is 1. The fourth-order valence-corrected chi connectivity index (χ4v) is 5.10. The lowest BCUT2D eigenvalue weighted by molar-refractivity contribution is -0.131. The van der Waals surface area contributed by atoms with E-state index in [0.29, 0.717) is 23.5 Å². The number of aromatic nitrogens is 3. The van der Waals surface area contributed by atoms with Crippen LogP contribution in [0, 0.1) is 5.82 Å². The number of rotatable bonds is 4. The second-order valence-corrected chi connectivity index (χ2v) is 8.65. The Morgan fingerprint density at radius 3 is 2.90 bits per heavy atom. The summed E-state index contributed by atoms with van der Waals surface area (Å²) < 4.78 is 14.1. The van der Waals surface area contributed by atoms with Gasteiger partial charge in [0, 0.05) is 41.7 Å². The van der Waals surface area contributed by atoms with Gasteiger partial charge in [0.2, 0.25) is 5.91 Å². The SMILES string of the molecule is O=C(Cc1c[nH]c2ccccc12)N1CCCC(c2nnc(-c3ccccc3F)s2)C1. The molecular formula is C23H21FN4OS. The van der Waals surface area contributed by atoms with Crippen LogP contribution in [0.3, 0.4) is 0 Å². The van der Waals surface area contributed by atoms with Gasteiger partial charge in [-0.3, -0.25) is 4.79 Å². The molecule has 0 aliphatic carbocycles. The highest BCUT2D eigenvalue weighted by Crippen LogP contribution is 2.33. The van der Waals surface area contributed by atoms with Crippen molar-refractivity contribution in [1.29, 1.82) is 0 Å². The van der Waals surface area contributed by atoms with Crippen molar-refractivity contribution in [2.45, 2.75) is 25.2 Å². The van der Waals surface area contributed by atoms with E-state index in [-0.39, 0.29) is 17.6 Å². The van der Waals surface area contributed by atoms with E-state index < -0.39 is 0 Å². The van der Waals surface area contributed by atoms with Crippen LogP contribution in [0.5, 0.6) is 0 Å². The summed E-state index contributed by atoms with van der Waals surface area (Å²) in [5, 5.41) is 11.1. The van der Waals surface area contributed by atoms with Crippen LogP contribution in [-0.2, 0) is 11.2 Å². The van der Waals surface area contributed by atoms with Crippen molar-refractivity contribution >= 4 is 28.1 Å². The van der Waals surface area contributed by atoms with E-state index in [0.717, 1.165) is 40.9 Å². The lowest BCUT2D eigenvalue weighted by atomic mass is 9.98. The molecule has 1 atom stereocenters. The van der Waals surface area contributed by atoms with Gasteiger partial charge in [0.25, 0.3) is 0 Å². The summed E-state index contributed by atoms with van der Waals surface area (Å²) in [5.41, 5.74) is 2.55. The number of hydrogen-bond acceptors (Lipinski definition) is 4. The average molecular weight is 421 g/mol. The molecule has 30 heavy (non-hydrogen) atoms. The van der Waals surface area contributed by atoms with Gasteiger partial charge < -0.3 is 9.88 Å². The molecule has 1 fully saturated rings. The van der Waals surface area contributed by atoms with Crippen molar-refractivity contribution < 1.29 is 9.18 Å². The highest BCUT2D eigenvalue weighted by molar-refractivity contribution is 7.14. The van der Waals surface area contributed by atoms with Gasteiger partial charge in [-0.2, -0.15) is 0 Å². The molecule has 0 radical (unpaired) electrons. The minimum atomic E-state index is -0.292. The maximum absolute atomic E-state index is 14.1. The third-order valence-corrected chi connectivity index (χ3v) is 6.80. The van der Waals surface area contributed by atoms with Gasteiger partial charge in [-0.1, -0.05) is 41.7 Å². The van der Waals surface area contributed by atoms with E-state index >= 15 is 0 Å². The average Bonchev–Trinajstić information content (AvgIpc) is 3.42. The van der Waals surface area contributed by atoms with Crippen molar-refractivity contribution in [3.05, 3.63) is 71.1 Å². The first kappa shape index (κ1) is 18.9. The molecule has 7 heteroatoms. The van der Waals surface area contributed by atoms with E-state index in [9.17, 15) is 9.18 Å². The number of benzene rings is 2. The quantitative estimate of drug-likeness (QED) is 0.517. The first-order valence-corrected chi connectivity index (χ1v) is 10.9. The molecular weight excluding hydrogens is 399 g/mol. The fraction of sp³-hybridized carbons (Fsp3) is 0.261. The number of H-pyrrole nitrogens is 1. The first-order chi connectivity index (χ1) is 14.7. The summed E-state index contributed by atoms with van der Waals surface area (Å²) in [6.45, 7) is 1.39. The number of para-hydroxylation sites is 1. The van der Waals surface area contributed by atoms with Gasteiger partial charge in [-0.25, -0.2) is 4.39 Å². The maximum Gasteiger partial charge on any atom is 0.227 e. The van der Waals surface area contributed by atoms with Crippen LogP contribution in [0.15, 0.2) is 54.7 Å². The Balaban J connectivity index is 1.30. The van der Waals surface area contributed by atoms with E-state index in [4.69, 9.17) is 0 Å². The predicted octanol–water partition coefficient (Wildman–Crippen LogP) is 4.77. The Morgan fingerprint density at radius 2 is 2.00 bits per heavy atom. The van der Waals surface area contributed by atoms with Crippen LogP contribution in [0.2, 0.25) is 0 Å². The summed E-state index contributed by atoms with van der Waals surface area (Å²) in [6.07, 6.45) is 4.20. The van der Waals surface area contributed by atoms with Crippen LogP contribution in [0.4, 0.5) is 4.39 Å². The van der Waals surface area contributed by atoms with Crippen molar-refractivity contribution in [2.75, 3.05) is 13.1 Å². The van der Waals surface area contributed by atoms with Crippen molar-refractivity contribution in [3.8, 4) is 10.6 Å². The van der Waals surface area contributed by atoms with Gasteiger partial charge >= 0.3 is 0 Å². The van der Waals surface area contributed by atoms with Gasteiger partial charge in [0.15, 0.2) is 5.01 Å². The van der Waals surface area contributed by atoms with Crippen LogP contribution in [0.1, 0.15) is 29.3 Å². The van der Waals surface area contributed by atoms with E-state index in [2.05, 4.69) is 15.2 Å². The molecule has 2 aromatic carbocycles. The number of fused-ring (bicyclic) bond motifs is 1. The number of hydrogen-bond donors (Lipinski definition) is 1. The molecule has 1 N–H and O–H groups in total. The summed E-state index contributed by atoms with van der Waals surface area (Å²) in [6, 6.07) is 14.6. The molecule has 4 aromatic rings. The molecule has 152 valence electrons. The van der Waals surface area contributed by atoms with E-state index in [1.807, 2.05) is 35.4 Å². The zero-order valence-corrected chi connectivity index (χ0v) is 17.2. The Hall–Kier alpha value is -3.06. The zero-order valence-electron chi connectivity index (χ0n) is 16.3. The Morgan fingerprint density at radius 1 is 1.17 bits per heavy atom. The van der Waals surface area contributed by atoms with E-state index in [1.54, 1.807) is 18.2 Å². The number of halogens is 1. The molecule has 1 saturated heterocycles. The van der Waals surface area contributed by atoms with Crippen molar-refractivity contribution in [1.82, 2.24) is 20.1 Å². The number of aromatic amines is 1. The Kier molecular flexibility index (Phi) is 5.04. The summed E-state index contributed by atoms with van der Waals surface area (Å²) >= 11 is 1.42. The third kappa shape index (κ3) is 3.61. The van der Waals surface area contributed by atoms with Crippen LogP contribution >= 0.6 is 11.3 Å². The van der Waals surface area contributed by atoms with Crippen molar-refractivity contribution in [3.63, 3.8) is 0 Å². The summed E-state index contributed by atoms with van der Waals surface area (Å²) in [4.78, 5) is 18.2. The number of amides is 1. The fourth-order valence-electron chi connectivity index (χ4n) is 4.10. The molecule has 1 unspecified atom stereocenters. The van der Waals surface area contributed by atoms with E-state index in [1.165, 1.54) is 17.4 Å². The minimum absolute atomic E-state index is 0.128. The molecule has 0 saturated carbocycles. The van der Waals surface area contributed by atoms with Crippen LogP contribution in [-0.4, -0.2) is 39.1 Å². The predicted molar refractivity (Wildman–Crippen MR) is 116 cm³/mol. The number of nitrogens with one attached hydrogen (secondary N) is 1. The Labute approximate surface area is 177 Å². The molecule has 0 bridgehead atoms. The Bertz CT molecular complexity index is 1200. The zero-order chi connectivity index (χ0) is 20.5. The molecule has 5 rings (SSSR count). The smallest absolute Gasteiger partial charge is 0.227 e. The number of piperidine rings is 1. The van der Waals surface area contributed by atoms with Crippen LogP contribution < -0.4 is 0 Å². The number of nitrogens with zero attached hydrogens (tertiary/aromatic N) is 3. The molecule has 1 amide bonds. The second-order valence-electron chi connectivity index (χ2n) is 7.64. The number of likely N-dealkylation sites (tertiary alicyclic amines) is 1. The van der Waals surface area contributed by atoms with Crippen molar-refractivity contribution in [2.24, 2.45) is 0 Å². The highest BCUT2D eigenvalue weighted by atomic mass is 32.1. The maximum atomic E-state index is 14.1. The summed E-state index contributed by atoms with van der Waals surface area (Å²) in [5.74, 6) is -0.0219. The van der Waals surface area contributed by atoms with Gasteiger partial charge in [-0.15, -0.1) is 10.2 Å². The minimum Gasteiger partial charge on any atom is -0.361 e. The molecule has 5 nitrogen and oxygen atoms in total. The van der Waals surface area contributed by atoms with Gasteiger partial charge in [-0.05, 0) is 36.6 Å². The normalized spacial score (nSPS) is 16.8. The molecule has 2 aromatic heterocycles. The second kappa shape index (κ2) is 7.99. The van der Waals surface area contributed by atoms with Crippen LogP contribution in [0.25, 0.3) is 21.5 Å². The lowest BCUT2D eigenvalue weighted by Gasteiger charge is -2.31. The monoisotopic (exact) mass is 420 g/mol. The molecule has 0 spiro atoms. The standard InChI is InChI=1S/C23H21FN4OS/c24-19-9-3-1-8-18(19)23-27-26-22(30-23)15-6-5-11-28(14-15)21(29)12-16-13-25-20-10-4-2-7-17(16)20/h1-4,7-10,13,15,25H,5-6,11-12,14H2. The largest absolute Gasteiger partial charge is 0.361 e. The molecule has 3 heterocycles. The number of carbonyl (C=O) groups is 1. The lowest BCUT2D eigenvalue weighted by Crippen LogP contribution is -2.39. The van der Waals surface area contributed by atoms with Gasteiger partial charge in [0.05, 0.1) is 6.42 Å². The molecule has 1 aliphatic heterocycles. The topological polar surface area (TPSA) is 61.9 Å². The first-order valence-electron chi connectivity index (χ1n) is 10.1. The highest BCUT2D eigenvalue weighted by Gasteiger charge is 2.28. The van der Waals surface area contributed by atoms with Gasteiger partial charge in [0.1, 0.15) is 10.8 Å². The summed E-state index contributed by atoms with van der Waals surface area (Å²) in [7, 11) is 0. The molecule has 1 aliphatic rings. The third-order valence-electron chi connectivity index (χ3n) is 5.68.